The van der Waals surface area contributed by atoms with E-state index in [1.54, 1.807) is 7.11 Å². The van der Waals surface area contributed by atoms with Crippen LogP contribution in [0.5, 0.6) is 5.75 Å². The van der Waals surface area contributed by atoms with Gasteiger partial charge in [0.1, 0.15) is 5.75 Å². The van der Waals surface area contributed by atoms with Crippen molar-refractivity contribution in [2.24, 2.45) is 0 Å². The van der Waals surface area contributed by atoms with Gasteiger partial charge in [-0.2, -0.15) is 0 Å². The highest BCUT2D eigenvalue weighted by Crippen LogP contribution is 2.32. The second-order valence-corrected chi connectivity index (χ2v) is 4.45. The van der Waals surface area contributed by atoms with Crippen LogP contribution in [0, 0.1) is 13.8 Å². The topological polar surface area (TPSA) is 41.5 Å². The number of hydrogen-bond donors (Lipinski definition) is 2. The molecular formula is C14H23NO2. The summed E-state index contributed by atoms with van der Waals surface area (Å²) in [5.41, 5.74) is 3.07. The Bertz CT molecular complexity index is 373. The molecule has 1 aromatic rings. The SMILES string of the molecule is CCC(NC)C(O)c1cc(C)cc(C)c1OC. The summed E-state index contributed by atoms with van der Waals surface area (Å²) >= 11 is 0. The summed E-state index contributed by atoms with van der Waals surface area (Å²) < 4.78 is 5.40. The van der Waals surface area contributed by atoms with Crippen molar-refractivity contribution in [3.8, 4) is 5.75 Å². The van der Waals surface area contributed by atoms with Crippen molar-refractivity contribution in [3.63, 3.8) is 0 Å². The van der Waals surface area contributed by atoms with Crippen molar-refractivity contribution in [1.82, 2.24) is 5.32 Å². The van der Waals surface area contributed by atoms with Gasteiger partial charge in [0.15, 0.2) is 0 Å². The van der Waals surface area contributed by atoms with E-state index >= 15 is 0 Å². The van der Waals surface area contributed by atoms with Gasteiger partial charge in [-0.1, -0.05) is 18.6 Å². The van der Waals surface area contributed by atoms with Gasteiger partial charge in [-0.25, -0.2) is 0 Å². The van der Waals surface area contributed by atoms with E-state index in [2.05, 4.69) is 18.3 Å². The van der Waals surface area contributed by atoms with E-state index in [0.29, 0.717) is 0 Å². The first-order chi connectivity index (χ1) is 8.04. The molecule has 1 aromatic carbocycles. The zero-order valence-electron chi connectivity index (χ0n) is 11.4. The predicted molar refractivity (Wildman–Crippen MR) is 70.6 cm³/mol. The highest BCUT2D eigenvalue weighted by Gasteiger charge is 2.22. The third-order valence-electron chi connectivity index (χ3n) is 3.16. The van der Waals surface area contributed by atoms with Gasteiger partial charge in [0.25, 0.3) is 0 Å². The lowest BCUT2D eigenvalue weighted by atomic mass is 9.95. The number of methoxy groups -OCH3 is 1. The molecule has 96 valence electrons. The highest BCUT2D eigenvalue weighted by molar-refractivity contribution is 5.45. The Morgan fingerprint density at radius 2 is 2.00 bits per heavy atom. The molecule has 0 fully saturated rings. The van der Waals surface area contributed by atoms with E-state index in [9.17, 15) is 5.11 Å². The molecule has 17 heavy (non-hydrogen) atoms. The van der Waals surface area contributed by atoms with Gasteiger partial charge >= 0.3 is 0 Å². The largest absolute Gasteiger partial charge is 0.496 e. The zero-order chi connectivity index (χ0) is 13.0. The Hall–Kier alpha value is -1.06. The lowest BCUT2D eigenvalue weighted by molar-refractivity contribution is 0.127. The number of likely N-dealkylation sites (N-methyl/N-ethyl adjacent to an activating group) is 1. The minimum atomic E-state index is -0.543. The minimum Gasteiger partial charge on any atom is -0.496 e. The molecule has 0 aromatic heterocycles. The van der Waals surface area contributed by atoms with Crippen LogP contribution in [0.1, 0.15) is 36.1 Å². The predicted octanol–water partition coefficient (Wildman–Crippen LogP) is 2.34. The van der Waals surface area contributed by atoms with Crippen LogP contribution in [0.2, 0.25) is 0 Å². The lowest BCUT2D eigenvalue weighted by Crippen LogP contribution is -2.31. The molecular weight excluding hydrogens is 214 g/mol. The highest BCUT2D eigenvalue weighted by atomic mass is 16.5. The standard InChI is InChI=1S/C14H23NO2/c1-6-12(15-4)13(16)11-8-9(2)7-10(3)14(11)17-5/h7-8,12-13,15-16H,6H2,1-5H3. The Balaban J connectivity index is 3.19. The van der Waals surface area contributed by atoms with E-state index in [-0.39, 0.29) is 6.04 Å². The molecule has 0 saturated heterocycles. The zero-order valence-corrected chi connectivity index (χ0v) is 11.4. The first kappa shape index (κ1) is 14.0. The second-order valence-electron chi connectivity index (χ2n) is 4.45. The van der Waals surface area contributed by atoms with Gasteiger partial charge in [-0.05, 0) is 38.9 Å². The van der Waals surface area contributed by atoms with Gasteiger partial charge in [0.05, 0.1) is 13.2 Å². The summed E-state index contributed by atoms with van der Waals surface area (Å²) in [7, 11) is 3.51. The molecule has 0 aliphatic heterocycles. The van der Waals surface area contributed by atoms with E-state index in [4.69, 9.17) is 4.74 Å². The lowest BCUT2D eigenvalue weighted by Gasteiger charge is -2.24. The maximum atomic E-state index is 10.4. The maximum absolute atomic E-state index is 10.4. The van der Waals surface area contributed by atoms with E-state index in [1.165, 1.54) is 0 Å². The monoisotopic (exact) mass is 237 g/mol. The summed E-state index contributed by atoms with van der Waals surface area (Å²) in [6.07, 6.45) is 0.326. The summed E-state index contributed by atoms with van der Waals surface area (Å²) in [6, 6.07) is 4.11. The maximum Gasteiger partial charge on any atom is 0.127 e. The molecule has 2 unspecified atom stereocenters. The molecule has 0 aliphatic rings. The smallest absolute Gasteiger partial charge is 0.127 e. The number of nitrogens with one attached hydrogen (secondary N) is 1. The minimum absolute atomic E-state index is 0.0464. The van der Waals surface area contributed by atoms with E-state index < -0.39 is 6.10 Å². The number of ether oxygens (including phenoxy) is 1. The van der Waals surface area contributed by atoms with Gasteiger partial charge in [-0.15, -0.1) is 0 Å². The van der Waals surface area contributed by atoms with Crippen LogP contribution >= 0.6 is 0 Å². The van der Waals surface area contributed by atoms with Crippen LogP contribution in [0.15, 0.2) is 12.1 Å². The normalized spacial score (nSPS) is 14.5. The average Bonchev–Trinajstić information content (AvgIpc) is 2.29. The van der Waals surface area contributed by atoms with Crippen LogP contribution in [-0.4, -0.2) is 25.3 Å². The third-order valence-corrected chi connectivity index (χ3v) is 3.16. The fourth-order valence-electron chi connectivity index (χ4n) is 2.29. The number of aryl methyl sites for hydroxylation is 2. The van der Waals surface area contributed by atoms with Gasteiger partial charge in [0.2, 0.25) is 0 Å². The molecule has 0 radical (unpaired) electrons. The number of rotatable bonds is 5. The number of hydrogen-bond acceptors (Lipinski definition) is 3. The Morgan fingerprint density at radius 3 is 2.47 bits per heavy atom. The van der Waals surface area contributed by atoms with Crippen LogP contribution in [0.25, 0.3) is 0 Å². The Kier molecular flexibility index (Phi) is 4.97. The molecule has 2 atom stereocenters. The molecule has 1 rings (SSSR count). The molecule has 0 amide bonds. The summed E-state index contributed by atoms with van der Waals surface area (Å²) in [4.78, 5) is 0. The summed E-state index contributed by atoms with van der Waals surface area (Å²) in [5, 5.41) is 13.5. The fraction of sp³-hybridized carbons (Fsp3) is 0.571. The van der Waals surface area contributed by atoms with Crippen molar-refractivity contribution in [2.75, 3.05) is 14.2 Å². The fourth-order valence-corrected chi connectivity index (χ4v) is 2.29. The van der Waals surface area contributed by atoms with E-state index in [0.717, 1.165) is 28.9 Å². The molecule has 3 nitrogen and oxygen atoms in total. The van der Waals surface area contributed by atoms with Crippen LogP contribution in [-0.2, 0) is 0 Å². The van der Waals surface area contributed by atoms with Crippen molar-refractivity contribution in [3.05, 3.63) is 28.8 Å². The van der Waals surface area contributed by atoms with Gasteiger partial charge < -0.3 is 15.2 Å². The summed E-state index contributed by atoms with van der Waals surface area (Å²) in [6.45, 7) is 6.09. The first-order valence-corrected chi connectivity index (χ1v) is 6.05. The third kappa shape index (κ3) is 2.99. The van der Waals surface area contributed by atoms with Crippen molar-refractivity contribution >= 4 is 0 Å². The number of aliphatic hydroxyl groups is 1. The van der Waals surface area contributed by atoms with Gasteiger partial charge in [0, 0.05) is 11.6 Å². The van der Waals surface area contributed by atoms with Crippen LogP contribution in [0.3, 0.4) is 0 Å². The quantitative estimate of drug-likeness (QED) is 0.826. The first-order valence-electron chi connectivity index (χ1n) is 6.05. The molecule has 0 spiro atoms. The molecule has 0 saturated carbocycles. The van der Waals surface area contributed by atoms with Crippen molar-refractivity contribution in [2.45, 2.75) is 39.3 Å². The Labute approximate surface area is 104 Å². The van der Waals surface area contributed by atoms with Crippen LogP contribution in [0.4, 0.5) is 0 Å². The number of aliphatic hydroxyl groups excluding tert-OH is 1. The molecule has 2 N–H and O–H groups in total. The molecule has 0 aliphatic carbocycles. The van der Waals surface area contributed by atoms with Crippen molar-refractivity contribution < 1.29 is 9.84 Å². The molecule has 0 heterocycles. The van der Waals surface area contributed by atoms with Gasteiger partial charge in [-0.3, -0.25) is 0 Å². The Morgan fingerprint density at radius 1 is 1.35 bits per heavy atom. The van der Waals surface area contributed by atoms with E-state index in [1.807, 2.05) is 27.0 Å². The molecule has 0 bridgehead atoms. The summed E-state index contributed by atoms with van der Waals surface area (Å²) in [5.74, 6) is 0.789. The molecule has 3 heteroatoms. The van der Waals surface area contributed by atoms with Crippen molar-refractivity contribution in [1.29, 1.82) is 0 Å². The van der Waals surface area contributed by atoms with Crippen LogP contribution < -0.4 is 10.1 Å². The average molecular weight is 237 g/mol. The number of benzene rings is 1. The second kappa shape index (κ2) is 6.03.